The zero-order chi connectivity index (χ0) is 4.99. The van der Waals surface area contributed by atoms with Gasteiger partial charge in [-0.15, -0.1) is 0 Å². The monoisotopic (exact) mass is 122 g/mol. The molecular weight excluding hydrogens is 116 g/mol. The Morgan fingerprint density at radius 1 is 1.71 bits per heavy atom. The average Bonchev–Trinajstić information content (AvgIpc) is 1.35. The third-order valence-corrected chi connectivity index (χ3v) is 0.447. The maximum atomic E-state index is 9.32. The van der Waals surface area contributed by atoms with Crippen molar-refractivity contribution < 1.29 is 14.1 Å². The molecule has 0 aromatic heterocycles. The molecule has 4 heteroatoms. The van der Waals surface area contributed by atoms with E-state index in [2.05, 4.69) is 0 Å². The van der Waals surface area contributed by atoms with Crippen LogP contribution in [0.3, 0.4) is 0 Å². The molecular formula is C3H6O3S. The van der Waals surface area contributed by atoms with Crippen molar-refractivity contribution in [1.82, 2.24) is 0 Å². The van der Waals surface area contributed by atoms with Gasteiger partial charge in [0.2, 0.25) is 0 Å². The lowest BCUT2D eigenvalue weighted by atomic mass is 10.8. The minimum absolute atomic E-state index is 0. The fourth-order valence-corrected chi connectivity index (χ4v) is 0.123. The Kier molecular flexibility index (Phi) is 7.36. The predicted molar refractivity (Wildman–Crippen MR) is 28.6 cm³/mol. The number of carboxylic acid groups (broad SMARTS) is 1. The second-order valence-corrected chi connectivity index (χ2v) is 0.980. The molecule has 0 unspecified atom stereocenters. The first-order valence-corrected chi connectivity index (χ1v) is 1.92. The molecule has 0 saturated carbocycles. The molecule has 7 heavy (non-hydrogen) atoms. The lowest BCUT2D eigenvalue weighted by molar-refractivity contribution is -0.128. The second-order valence-electron chi connectivity index (χ2n) is 0.552. The van der Waals surface area contributed by atoms with Crippen molar-refractivity contribution in [2.24, 2.45) is 0 Å². The highest BCUT2D eigenvalue weighted by molar-refractivity contribution is 7.66. The Hall–Kier alpha value is -0.640. The molecule has 0 saturated heterocycles. The fourth-order valence-electron chi connectivity index (χ4n) is 0.0412. The fraction of sp³-hybridized carbons (Fsp3) is 0.333. The highest BCUT2D eigenvalue weighted by Crippen LogP contribution is 1.42. The van der Waals surface area contributed by atoms with Crippen LogP contribution in [0.15, 0.2) is 0 Å². The van der Waals surface area contributed by atoms with Crippen LogP contribution in [-0.2, 0) is 16.1 Å². The normalized spacial score (nSPS) is 5.71. The van der Waals surface area contributed by atoms with Crippen LogP contribution in [0.1, 0.15) is 7.43 Å². The molecule has 0 amide bonds. The highest BCUT2D eigenvalue weighted by atomic mass is 32.1. The van der Waals surface area contributed by atoms with Crippen molar-refractivity contribution in [2.75, 3.05) is 0 Å². The molecule has 0 atom stereocenters. The SMILES string of the molecule is C.O=S=CC(=O)O. The van der Waals surface area contributed by atoms with E-state index in [1.807, 2.05) is 0 Å². The zero-order valence-electron chi connectivity index (χ0n) is 2.75. The lowest BCUT2D eigenvalue weighted by Crippen LogP contribution is -1.92. The summed E-state index contributed by atoms with van der Waals surface area (Å²) in [6.45, 7) is 0. The van der Waals surface area contributed by atoms with E-state index in [1.165, 1.54) is 0 Å². The Labute approximate surface area is 45.0 Å². The summed E-state index contributed by atoms with van der Waals surface area (Å²) < 4.78 is 9.22. The Morgan fingerprint density at radius 3 is 2.14 bits per heavy atom. The summed E-state index contributed by atoms with van der Waals surface area (Å²) in [6, 6.07) is 0. The van der Waals surface area contributed by atoms with E-state index >= 15 is 0 Å². The molecule has 0 fully saturated rings. The Balaban J connectivity index is 0. The largest absolute Gasteiger partial charge is 0.477 e. The van der Waals surface area contributed by atoms with Gasteiger partial charge < -0.3 is 5.11 Å². The molecule has 0 heterocycles. The van der Waals surface area contributed by atoms with Gasteiger partial charge in [0, 0.05) is 0 Å². The van der Waals surface area contributed by atoms with Gasteiger partial charge in [-0.25, -0.2) is 9.00 Å². The van der Waals surface area contributed by atoms with Crippen molar-refractivity contribution in [2.45, 2.75) is 7.43 Å². The van der Waals surface area contributed by atoms with Crippen LogP contribution >= 0.6 is 0 Å². The summed E-state index contributed by atoms with van der Waals surface area (Å²) in [6.07, 6.45) is 0. The number of hydrogen-bond acceptors (Lipinski definition) is 2. The molecule has 1 N–H and O–H groups in total. The quantitative estimate of drug-likeness (QED) is 0.487. The topological polar surface area (TPSA) is 54.4 Å². The minimum atomic E-state index is -1.19. The first kappa shape index (κ1) is 9.61. The first-order valence-electron chi connectivity index (χ1n) is 1.12. The average molecular weight is 122 g/mol. The number of carbonyl (C=O) groups is 1. The summed E-state index contributed by atoms with van der Waals surface area (Å²) in [4.78, 5) is 9.32. The van der Waals surface area contributed by atoms with E-state index in [0.29, 0.717) is 5.37 Å². The van der Waals surface area contributed by atoms with Gasteiger partial charge in [0.1, 0.15) is 5.37 Å². The summed E-state index contributed by atoms with van der Waals surface area (Å²) >= 11 is -0.0648. The van der Waals surface area contributed by atoms with Crippen LogP contribution < -0.4 is 0 Å². The van der Waals surface area contributed by atoms with E-state index in [0.717, 1.165) is 0 Å². The van der Waals surface area contributed by atoms with Crippen LogP contribution in [0, 0.1) is 0 Å². The number of carboxylic acids is 1. The molecule has 0 radical (unpaired) electrons. The van der Waals surface area contributed by atoms with Gasteiger partial charge in [0.25, 0.3) is 0 Å². The molecule has 0 aliphatic carbocycles. The molecule has 0 bridgehead atoms. The van der Waals surface area contributed by atoms with E-state index in [4.69, 9.17) is 5.11 Å². The van der Waals surface area contributed by atoms with Crippen LogP contribution in [0.2, 0.25) is 0 Å². The lowest BCUT2D eigenvalue weighted by Gasteiger charge is -1.62. The van der Waals surface area contributed by atoms with Crippen molar-refractivity contribution >= 4 is 22.6 Å². The van der Waals surface area contributed by atoms with Gasteiger partial charge in [-0.3, -0.25) is 0 Å². The summed E-state index contributed by atoms with van der Waals surface area (Å²) in [5.74, 6) is -1.19. The zero-order valence-corrected chi connectivity index (χ0v) is 3.57. The van der Waals surface area contributed by atoms with Gasteiger partial charge in [-0.05, 0) is 0 Å². The Bertz CT molecular complexity index is 103. The van der Waals surface area contributed by atoms with E-state index in [1.54, 1.807) is 0 Å². The van der Waals surface area contributed by atoms with Gasteiger partial charge in [0.05, 0.1) is 11.3 Å². The number of aliphatic carboxylic acids is 1. The molecule has 42 valence electrons. The number of hydrogen-bond donors (Lipinski definition) is 1. The standard InChI is InChI=1S/C2H2O3S.CH4/c3-2(4)1-6-5;/h1H,(H,3,4);1H4. The summed E-state index contributed by atoms with van der Waals surface area (Å²) in [5, 5.41) is 8.21. The van der Waals surface area contributed by atoms with Crippen LogP contribution in [0.4, 0.5) is 0 Å². The molecule has 0 aliphatic rings. The maximum Gasteiger partial charge on any atom is 0.341 e. The third-order valence-electron chi connectivity index (χ3n) is 0.149. The predicted octanol–water partition coefficient (Wildman–Crippen LogP) is -0.278. The van der Waals surface area contributed by atoms with Gasteiger partial charge in [0.15, 0.2) is 0 Å². The summed E-state index contributed by atoms with van der Waals surface area (Å²) in [5.41, 5.74) is 0. The smallest absolute Gasteiger partial charge is 0.341 e. The van der Waals surface area contributed by atoms with E-state index in [-0.39, 0.29) is 18.7 Å². The van der Waals surface area contributed by atoms with Gasteiger partial charge >= 0.3 is 5.97 Å². The molecule has 0 spiro atoms. The molecule has 3 nitrogen and oxygen atoms in total. The molecule has 0 aromatic carbocycles. The van der Waals surface area contributed by atoms with Crippen molar-refractivity contribution in [3.8, 4) is 0 Å². The molecule has 0 aromatic rings. The first-order chi connectivity index (χ1) is 2.77. The number of rotatable bonds is 1. The third kappa shape index (κ3) is 10.9. The van der Waals surface area contributed by atoms with Crippen LogP contribution in [0.25, 0.3) is 0 Å². The molecule has 0 aliphatic heterocycles. The van der Waals surface area contributed by atoms with E-state index < -0.39 is 5.97 Å². The van der Waals surface area contributed by atoms with Crippen molar-refractivity contribution in [1.29, 1.82) is 0 Å². The van der Waals surface area contributed by atoms with Crippen LogP contribution in [-0.4, -0.2) is 20.7 Å². The highest BCUT2D eigenvalue weighted by Gasteiger charge is 1.79. The molecule has 0 rings (SSSR count). The summed E-state index contributed by atoms with van der Waals surface area (Å²) in [7, 11) is 0. The second kappa shape index (κ2) is 5.36. The van der Waals surface area contributed by atoms with E-state index in [9.17, 15) is 9.00 Å². The minimum Gasteiger partial charge on any atom is -0.477 e. The maximum absolute atomic E-state index is 9.32. The van der Waals surface area contributed by atoms with Crippen molar-refractivity contribution in [3.05, 3.63) is 0 Å². The van der Waals surface area contributed by atoms with Crippen LogP contribution in [0.5, 0.6) is 0 Å². The van der Waals surface area contributed by atoms with Gasteiger partial charge in [-0.1, -0.05) is 7.43 Å². The van der Waals surface area contributed by atoms with Gasteiger partial charge in [-0.2, -0.15) is 0 Å². The van der Waals surface area contributed by atoms with Crippen molar-refractivity contribution in [3.63, 3.8) is 0 Å². The Morgan fingerprint density at radius 2 is 2.14 bits per heavy atom.